The van der Waals surface area contributed by atoms with Crippen molar-refractivity contribution in [2.45, 2.75) is 147 Å². The highest BCUT2D eigenvalue weighted by Crippen LogP contribution is 2.47. The molecule has 0 aromatic carbocycles. The molecule has 5 aliphatic carbocycles. The van der Waals surface area contributed by atoms with E-state index in [9.17, 15) is 9.59 Å². The summed E-state index contributed by atoms with van der Waals surface area (Å²) in [6, 6.07) is 13.4. The molecule has 5 aromatic rings. The van der Waals surface area contributed by atoms with Gasteiger partial charge in [0.25, 0.3) is 5.91 Å². The normalized spacial score (nSPS) is 25.2. The Labute approximate surface area is 487 Å². The summed E-state index contributed by atoms with van der Waals surface area (Å²) >= 11 is 0. The molecule has 0 spiro atoms. The van der Waals surface area contributed by atoms with Gasteiger partial charge in [0.05, 0.1) is 69.1 Å². The minimum Gasteiger partial charge on any atom is -0.381 e. The van der Waals surface area contributed by atoms with Crippen LogP contribution >= 0.6 is 0 Å². The molecule has 82 heavy (non-hydrogen) atoms. The molecule has 442 valence electrons. The van der Waals surface area contributed by atoms with Gasteiger partial charge in [-0.3, -0.25) is 9.59 Å². The van der Waals surface area contributed by atoms with Gasteiger partial charge in [0.2, 0.25) is 5.91 Å². The van der Waals surface area contributed by atoms with Crippen LogP contribution in [0.4, 0.5) is 11.6 Å². The fourth-order valence-corrected chi connectivity index (χ4v) is 17.1. The zero-order valence-corrected chi connectivity index (χ0v) is 52.3. The summed E-state index contributed by atoms with van der Waals surface area (Å²) in [6.45, 7) is 19.3. The van der Waals surface area contributed by atoms with Crippen molar-refractivity contribution in [2.24, 2.45) is 55.5 Å². The number of fused-ring (bicyclic) bond motifs is 4. The quantitative estimate of drug-likeness (QED) is 0.0400. The molecular formula is C62H90N12O6Si2. The van der Waals surface area contributed by atoms with Gasteiger partial charge in [-0.25, -0.2) is 24.6 Å². The number of hydrogen-bond acceptors (Lipinski definition) is 13. The molecule has 2 aliphatic heterocycles. The Morgan fingerprint density at radius 1 is 0.720 bits per heavy atom. The maximum atomic E-state index is 14.4. The third-order valence-corrected chi connectivity index (χ3v) is 24.1. The van der Waals surface area contributed by atoms with E-state index < -0.39 is 16.1 Å². The van der Waals surface area contributed by atoms with Gasteiger partial charge in [-0.1, -0.05) is 44.9 Å². The van der Waals surface area contributed by atoms with E-state index in [-0.39, 0.29) is 42.5 Å². The monoisotopic (exact) mass is 1150 g/mol. The highest BCUT2D eigenvalue weighted by atomic mass is 28.3. The van der Waals surface area contributed by atoms with Crippen molar-refractivity contribution < 1.29 is 28.5 Å². The smallest absolute Gasteiger partial charge is 0.272 e. The minimum absolute atomic E-state index is 0.0535. The molecule has 0 radical (unpaired) electrons. The number of rotatable bonds is 26. The van der Waals surface area contributed by atoms with E-state index in [0.29, 0.717) is 51.1 Å². The molecule has 2 saturated heterocycles. The Kier molecular flexibility index (Phi) is 16.5. The molecule has 3 saturated carbocycles. The third-order valence-electron chi connectivity index (χ3n) is 19.5. The number of carbonyl (C=O) groups is 2. The van der Waals surface area contributed by atoms with Crippen molar-refractivity contribution in [1.82, 2.24) is 49.5 Å². The number of ether oxygens (including phenoxy) is 4. The third kappa shape index (κ3) is 12.7. The molecule has 0 bridgehead atoms. The largest absolute Gasteiger partial charge is 0.381 e. The Balaban J connectivity index is 0.678. The molecule has 5 aromatic heterocycles. The van der Waals surface area contributed by atoms with Crippen LogP contribution in [0.2, 0.25) is 44.8 Å². The number of nitrogens with one attached hydrogen (secondary N) is 2. The van der Waals surface area contributed by atoms with Crippen molar-refractivity contribution in [3.05, 3.63) is 99.2 Å². The predicted octanol–water partition coefficient (Wildman–Crippen LogP) is 8.16. The first-order valence-electron chi connectivity index (χ1n) is 30.8. The van der Waals surface area contributed by atoms with Gasteiger partial charge in [0.15, 0.2) is 5.69 Å². The van der Waals surface area contributed by atoms with Crippen molar-refractivity contribution in [3.63, 3.8) is 0 Å². The molecule has 7 aliphatic rings. The molecule has 2 amide bonds. The number of hydrogen-bond donors (Lipinski definition) is 2. The number of imidazole rings is 2. The summed E-state index contributed by atoms with van der Waals surface area (Å²) in [7, 11) is 4.46. The van der Waals surface area contributed by atoms with Gasteiger partial charge in [0.1, 0.15) is 24.2 Å². The first kappa shape index (κ1) is 57.2. The molecule has 7 heterocycles. The van der Waals surface area contributed by atoms with Crippen molar-refractivity contribution >= 4 is 39.6 Å². The Morgan fingerprint density at radius 3 is 2.02 bits per heavy atom. The Bertz CT molecular complexity index is 3110. The van der Waals surface area contributed by atoms with E-state index in [0.717, 1.165) is 164 Å². The van der Waals surface area contributed by atoms with Crippen molar-refractivity contribution in [1.29, 1.82) is 0 Å². The molecule has 7 unspecified atom stereocenters. The van der Waals surface area contributed by atoms with Crippen molar-refractivity contribution in [2.75, 3.05) is 70.0 Å². The Morgan fingerprint density at radius 2 is 1.35 bits per heavy atom. The SMILES string of the molecule is COCc1nc(N2CC3CC3C2)ccc1Cc1cc(C(=O)N[C@@H]2CCc3c2nc(C[Si](C)(C)CCOCC2CC(Cc4ccc(N5CC6CC6C5)nc4COC)CC2C(=O)N[C@@H]2CCc4c2ncn4C)n3C)nn1COCC[Si](C)(C)C. The zero-order valence-electron chi connectivity index (χ0n) is 50.3. The average Bonchev–Trinajstić information content (AvgIpc) is 4.21. The van der Waals surface area contributed by atoms with Gasteiger partial charge in [-0.2, -0.15) is 5.10 Å². The number of nitrogens with zero attached hydrogens (tertiary/aromatic N) is 10. The van der Waals surface area contributed by atoms with E-state index in [1.165, 1.54) is 29.8 Å². The van der Waals surface area contributed by atoms with E-state index in [1.807, 2.05) is 24.1 Å². The fraction of sp³-hybridized carbons (Fsp3) is 0.661. The van der Waals surface area contributed by atoms with Crippen LogP contribution in [-0.4, -0.2) is 127 Å². The summed E-state index contributed by atoms with van der Waals surface area (Å²) in [4.78, 5) is 53.8. The van der Waals surface area contributed by atoms with Crippen LogP contribution in [-0.2, 0) is 89.5 Å². The predicted molar refractivity (Wildman–Crippen MR) is 321 cm³/mol. The maximum absolute atomic E-state index is 14.4. The number of anilines is 2. The average molecular weight is 1160 g/mol. The maximum Gasteiger partial charge on any atom is 0.272 e. The van der Waals surface area contributed by atoms with Crippen LogP contribution in [0.3, 0.4) is 0 Å². The lowest BCUT2D eigenvalue weighted by atomic mass is 9.95. The van der Waals surface area contributed by atoms with E-state index in [1.54, 1.807) is 14.2 Å². The van der Waals surface area contributed by atoms with Crippen molar-refractivity contribution in [3.8, 4) is 0 Å². The van der Waals surface area contributed by atoms with Crippen LogP contribution in [0.1, 0.15) is 118 Å². The zero-order chi connectivity index (χ0) is 57.0. The number of pyridine rings is 2. The van der Waals surface area contributed by atoms with Crippen LogP contribution in [0.25, 0.3) is 0 Å². The lowest BCUT2D eigenvalue weighted by Gasteiger charge is -2.24. The minimum atomic E-state index is -1.87. The molecule has 12 rings (SSSR count). The lowest BCUT2D eigenvalue weighted by Crippen LogP contribution is -2.36. The molecular weight excluding hydrogens is 1060 g/mol. The van der Waals surface area contributed by atoms with E-state index in [4.69, 9.17) is 44.0 Å². The van der Waals surface area contributed by atoms with Crippen LogP contribution in [0, 0.1) is 41.4 Å². The fourth-order valence-electron chi connectivity index (χ4n) is 14.3. The molecule has 18 nitrogen and oxygen atoms in total. The number of piperidine rings is 2. The standard InChI is InChI=1S/C62H90N12O6Si2/c1-70-37-63-59-49(12-14-54(59)70)66-61(75)48-24-39(22-40-10-16-56(64-52(40)34-77-3)72-29-42-25-43(42)30-72)23-46(48)33-79-19-21-82(8,9)36-58-68-60-50(13-15-55(60)71(58)2)67-62(76)51-28-47(74(69-51)38-80-18-20-81(5,6)7)27-41-11-17-57(65-53(41)35-78-4)73-31-44-26-45(44)32-73/h10-11,16-17,28,37,39,42-46,48-50H,12-15,18-27,29-36,38H2,1-9H3,(H,66,75)(H,67,76)/t39?,42?,43?,44?,45?,46?,48?,49-,50-/m1/s1. The number of methoxy groups -OCH3 is 2. The summed E-state index contributed by atoms with van der Waals surface area (Å²) in [5.41, 5.74) is 9.87. The highest BCUT2D eigenvalue weighted by molar-refractivity contribution is 6.77. The number of carbonyl (C=O) groups excluding carboxylic acids is 2. The molecule has 20 heteroatoms. The van der Waals surface area contributed by atoms with Crippen LogP contribution in [0.15, 0.2) is 36.7 Å². The summed E-state index contributed by atoms with van der Waals surface area (Å²) in [5, 5.41) is 11.7. The summed E-state index contributed by atoms with van der Waals surface area (Å²) in [6.07, 6.45) is 11.2. The molecule has 2 N–H and O–H groups in total. The molecule has 9 atom stereocenters. The second-order valence-corrected chi connectivity index (χ2v) is 38.4. The van der Waals surface area contributed by atoms with Crippen LogP contribution in [0.5, 0.6) is 0 Å². The Hall–Kier alpha value is -5.26. The van der Waals surface area contributed by atoms with E-state index >= 15 is 0 Å². The van der Waals surface area contributed by atoms with E-state index in [2.05, 4.69) is 93.6 Å². The number of aryl methyl sites for hydroxylation is 1. The highest BCUT2D eigenvalue weighted by Gasteiger charge is 2.47. The second kappa shape index (κ2) is 23.7. The topological polar surface area (TPSA) is 181 Å². The van der Waals surface area contributed by atoms with Gasteiger partial charge < -0.3 is 48.5 Å². The van der Waals surface area contributed by atoms with Crippen LogP contribution < -0.4 is 20.4 Å². The second-order valence-electron chi connectivity index (χ2n) is 27.6. The van der Waals surface area contributed by atoms with Gasteiger partial charge in [-0.05, 0) is 135 Å². The first-order valence-corrected chi connectivity index (χ1v) is 37.9. The van der Waals surface area contributed by atoms with Gasteiger partial charge in [-0.15, -0.1) is 0 Å². The first-order chi connectivity index (χ1) is 39.5. The van der Waals surface area contributed by atoms with Gasteiger partial charge >= 0.3 is 0 Å². The number of amides is 2. The summed E-state index contributed by atoms with van der Waals surface area (Å²) < 4.78 is 30.5. The lowest BCUT2D eigenvalue weighted by molar-refractivity contribution is -0.127. The number of aromatic nitrogens is 8. The summed E-state index contributed by atoms with van der Waals surface area (Å²) in [5.74, 6) is 6.66. The molecule has 5 fully saturated rings. The van der Waals surface area contributed by atoms with Gasteiger partial charge in [0, 0.05) is 111 Å².